The van der Waals surface area contributed by atoms with Crippen molar-refractivity contribution in [1.29, 1.82) is 0 Å². The Morgan fingerprint density at radius 2 is 2.03 bits per heavy atom. The van der Waals surface area contributed by atoms with E-state index in [0.29, 0.717) is 17.6 Å². The number of quaternary nitrogens is 1. The Hall–Kier alpha value is -3.05. The molecule has 2 saturated heterocycles. The second-order valence-corrected chi connectivity index (χ2v) is 10.7. The van der Waals surface area contributed by atoms with Crippen LogP contribution in [0.2, 0.25) is 0 Å². The number of benzene rings is 1. The van der Waals surface area contributed by atoms with Crippen molar-refractivity contribution in [2.24, 2.45) is 0 Å². The number of hydrogen-bond donors (Lipinski definition) is 4. The molecule has 37 heavy (non-hydrogen) atoms. The molecule has 2 aliphatic rings. The normalized spacial score (nSPS) is 22.8. The van der Waals surface area contributed by atoms with Crippen molar-refractivity contribution >= 4 is 57.5 Å². The van der Waals surface area contributed by atoms with Gasteiger partial charge in [0.1, 0.15) is 12.2 Å². The number of H-pyrrole nitrogens is 1. The highest BCUT2D eigenvalue weighted by atomic mass is 32.1. The number of anilines is 2. The predicted molar refractivity (Wildman–Crippen MR) is 156 cm³/mol. The van der Waals surface area contributed by atoms with E-state index in [0.717, 1.165) is 78.0 Å². The molecule has 10 heteroatoms. The molecular formula is C27H37N8OS+. The van der Waals surface area contributed by atoms with Crippen molar-refractivity contribution in [3.63, 3.8) is 0 Å². The van der Waals surface area contributed by atoms with Crippen molar-refractivity contribution in [1.82, 2.24) is 29.6 Å². The highest BCUT2D eigenvalue weighted by Crippen LogP contribution is 2.42. The molecule has 1 aromatic carbocycles. The number of piperazine rings is 2. The molecule has 0 aliphatic carbocycles. The van der Waals surface area contributed by atoms with Gasteiger partial charge in [0, 0.05) is 62.1 Å². The standard InChI is InChI=1S/C27H36N8OS/c1-19(2)30-24-5-4-8-29-26(24)35(14-9-28-17-22(35)18-36)25-16-20-15-21(6-7-23(20)32-25)31-27(37)34-12-10-33(3)11-13-34/h4-8,15-16,18-19,22,28,30,32H,9-14,17H2,1-3H3/p+1. The lowest BCUT2D eigenvalue weighted by Gasteiger charge is -2.43. The molecule has 5 rings (SSSR count). The molecule has 2 aliphatic heterocycles. The van der Waals surface area contributed by atoms with Crippen LogP contribution in [-0.2, 0) is 4.79 Å². The van der Waals surface area contributed by atoms with Gasteiger partial charge >= 0.3 is 0 Å². The Labute approximate surface area is 223 Å². The summed E-state index contributed by atoms with van der Waals surface area (Å²) in [6, 6.07) is 12.3. The first-order valence-corrected chi connectivity index (χ1v) is 13.5. The van der Waals surface area contributed by atoms with Crippen LogP contribution in [0.25, 0.3) is 10.9 Å². The number of fused-ring (bicyclic) bond motifs is 1. The highest BCUT2D eigenvalue weighted by Gasteiger charge is 2.47. The van der Waals surface area contributed by atoms with Crippen LogP contribution in [0.1, 0.15) is 13.8 Å². The molecule has 2 fully saturated rings. The zero-order valence-electron chi connectivity index (χ0n) is 21.8. The van der Waals surface area contributed by atoms with Crippen LogP contribution in [0.5, 0.6) is 0 Å². The van der Waals surface area contributed by atoms with Gasteiger partial charge in [0.2, 0.25) is 5.82 Å². The quantitative estimate of drug-likeness (QED) is 0.224. The van der Waals surface area contributed by atoms with E-state index in [1.807, 2.05) is 12.3 Å². The third-order valence-electron chi connectivity index (χ3n) is 7.40. The van der Waals surface area contributed by atoms with Gasteiger partial charge in [0.25, 0.3) is 5.82 Å². The molecule has 196 valence electrons. The van der Waals surface area contributed by atoms with Crippen molar-refractivity contribution in [2.75, 3.05) is 63.5 Å². The zero-order valence-corrected chi connectivity index (χ0v) is 22.6. The predicted octanol–water partition coefficient (Wildman–Crippen LogP) is 3.14. The van der Waals surface area contributed by atoms with Crippen molar-refractivity contribution in [3.05, 3.63) is 42.6 Å². The van der Waals surface area contributed by atoms with E-state index in [1.165, 1.54) is 0 Å². The first kappa shape index (κ1) is 25.6. The fourth-order valence-electron chi connectivity index (χ4n) is 5.42. The van der Waals surface area contributed by atoms with Crippen LogP contribution in [0.4, 0.5) is 23.0 Å². The van der Waals surface area contributed by atoms with Gasteiger partial charge in [-0.2, -0.15) is 0 Å². The highest BCUT2D eigenvalue weighted by molar-refractivity contribution is 7.80. The van der Waals surface area contributed by atoms with Crippen LogP contribution >= 0.6 is 12.2 Å². The molecule has 4 N–H and O–H groups in total. The minimum absolute atomic E-state index is 0.237. The van der Waals surface area contributed by atoms with Crippen LogP contribution in [0.3, 0.4) is 0 Å². The van der Waals surface area contributed by atoms with Crippen LogP contribution in [0.15, 0.2) is 42.6 Å². The second-order valence-electron chi connectivity index (χ2n) is 10.4. The van der Waals surface area contributed by atoms with E-state index in [9.17, 15) is 4.79 Å². The SMILES string of the molecule is CC(C)Nc1cccnc1[N+]1(c2cc3cc(NC(=S)N4CCN(C)CC4)ccc3[nH]2)CCNCC1C=O. The number of nitrogens with zero attached hydrogens (tertiary/aromatic N) is 4. The number of hydrogen-bond acceptors (Lipinski definition) is 6. The number of aromatic amines is 1. The fourth-order valence-corrected chi connectivity index (χ4v) is 5.72. The van der Waals surface area contributed by atoms with Gasteiger partial charge in [-0.05, 0) is 63.4 Å². The molecule has 0 bridgehead atoms. The van der Waals surface area contributed by atoms with E-state index in [4.69, 9.17) is 17.2 Å². The maximum Gasteiger partial charge on any atom is 0.258 e. The van der Waals surface area contributed by atoms with Gasteiger partial charge in [-0.3, -0.25) is 4.79 Å². The van der Waals surface area contributed by atoms with Gasteiger partial charge in [-0.25, -0.2) is 9.47 Å². The number of carbonyl (C=O) groups is 1. The number of thiocarbonyl (C=S) groups is 1. The third kappa shape index (κ3) is 5.06. The van der Waals surface area contributed by atoms with Crippen LogP contribution in [-0.4, -0.2) is 96.1 Å². The molecule has 3 aromatic rings. The maximum atomic E-state index is 12.5. The van der Waals surface area contributed by atoms with E-state index >= 15 is 0 Å². The summed E-state index contributed by atoms with van der Waals surface area (Å²) in [7, 11) is 2.14. The molecule has 2 aromatic heterocycles. The molecule has 0 spiro atoms. The monoisotopic (exact) mass is 521 g/mol. The van der Waals surface area contributed by atoms with Gasteiger partial charge in [-0.1, -0.05) is 0 Å². The number of carbonyl (C=O) groups excluding carboxylic acids is 1. The van der Waals surface area contributed by atoms with Gasteiger partial charge in [-0.15, -0.1) is 0 Å². The number of rotatable bonds is 6. The first-order chi connectivity index (χ1) is 17.9. The van der Waals surface area contributed by atoms with Crippen molar-refractivity contribution < 1.29 is 4.79 Å². The van der Waals surface area contributed by atoms with Gasteiger partial charge in [0.05, 0.1) is 12.1 Å². The Morgan fingerprint density at radius 3 is 2.78 bits per heavy atom. The molecule has 2 unspecified atom stereocenters. The fraction of sp³-hybridized carbons (Fsp3) is 0.444. The lowest BCUT2D eigenvalue weighted by atomic mass is 10.1. The Morgan fingerprint density at radius 1 is 1.22 bits per heavy atom. The zero-order chi connectivity index (χ0) is 26.0. The number of aldehydes is 1. The number of nitrogens with one attached hydrogen (secondary N) is 4. The molecule has 0 saturated carbocycles. The van der Waals surface area contributed by atoms with Gasteiger partial charge < -0.3 is 30.7 Å². The molecule has 9 nitrogen and oxygen atoms in total. The summed E-state index contributed by atoms with van der Waals surface area (Å²) in [5.41, 5.74) is 2.92. The molecule has 0 radical (unpaired) electrons. The summed E-state index contributed by atoms with van der Waals surface area (Å²) in [6.07, 6.45) is 2.88. The lowest BCUT2D eigenvalue weighted by Crippen LogP contribution is -2.64. The Balaban J connectivity index is 1.51. The van der Waals surface area contributed by atoms with E-state index in [2.05, 4.69) is 82.0 Å². The van der Waals surface area contributed by atoms with Crippen LogP contribution in [0, 0.1) is 0 Å². The van der Waals surface area contributed by atoms with Crippen LogP contribution < -0.4 is 20.4 Å². The minimum atomic E-state index is -0.313. The summed E-state index contributed by atoms with van der Waals surface area (Å²) < 4.78 is 0.337. The molecule has 4 heterocycles. The smallest absolute Gasteiger partial charge is 0.258 e. The number of likely N-dealkylation sites (N-methyl/N-ethyl adjacent to an activating group) is 1. The van der Waals surface area contributed by atoms with Gasteiger partial charge in [0.15, 0.2) is 17.4 Å². The van der Waals surface area contributed by atoms with Crippen molar-refractivity contribution in [3.8, 4) is 0 Å². The van der Waals surface area contributed by atoms with E-state index in [1.54, 1.807) is 0 Å². The molecule has 2 atom stereocenters. The van der Waals surface area contributed by atoms with E-state index < -0.39 is 0 Å². The Bertz CT molecular complexity index is 1270. The Kier molecular flexibility index (Phi) is 7.43. The summed E-state index contributed by atoms with van der Waals surface area (Å²) in [6.45, 7) is 10.2. The summed E-state index contributed by atoms with van der Waals surface area (Å²) in [5, 5.41) is 12.2. The van der Waals surface area contributed by atoms with Crippen molar-refractivity contribution in [2.45, 2.75) is 25.9 Å². The first-order valence-electron chi connectivity index (χ1n) is 13.0. The maximum absolute atomic E-state index is 12.5. The summed E-state index contributed by atoms with van der Waals surface area (Å²) >= 11 is 5.71. The third-order valence-corrected chi connectivity index (χ3v) is 7.77. The number of aromatic nitrogens is 2. The topological polar surface area (TPSA) is 88.3 Å². The van der Waals surface area contributed by atoms with E-state index in [-0.39, 0.29) is 12.1 Å². The molecule has 0 amide bonds. The summed E-state index contributed by atoms with van der Waals surface area (Å²) in [5.74, 6) is 1.81. The average Bonchev–Trinajstić information content (AvgIpc) is 3.33. The molecular weight excluding hydrogens is 484 g/mol. The summed E-state index contributed by atoms with van der Waals surface area (Å²) in [4.78, 5) is 25.5. The average molecular weight is 522 g/mol. The second kappa shape index (κ2) is 10.7. The number of pyridine rings is 1. The lowest BCUT2D eigenvalue weighted by molar-refractivity contribution is -0.111. The minimum Gasteiger partial charge on any atom is -0.377 e. The largest absolute Gasteiger partial charge is 0.377 e.